The van der Waals surface area contributed by atoms with Crippen molar-refractivity contribution in [1.82, 2.24) is 44.8 Å². The number of nitrogens with zero attached hydrogens (tertiary/aromatic N) is 9. The molecule has 1 fully saturated rings. The number of carbonyl (C=O) groups is 1. The third kappa shape index (κ3) is 5.92. The summed E-state index contributed by atoms with van der Waals surface area (Å²) in [5.41, 5.74) is 3.67. The lowest BCUT2D eigenvalue weighted by Crippen LogP contribution is -2.54. The molecule has 4 heterocycles. The van der Waals surface area contributed by atoms with E-state index >= 15 is 0 Å². The number of rotatable bonds is 7. The van der Waals surface area contributed by atoms with E-state index in [-0.39, 0.29) is 22.3 Å². The Morgan fingerprint density at radius 2 is 1.75 bits per heavy atom. The first-order valence-corrected chi connectivity index (χ1v) is 15.0. The molecule has 0 unspecified atom stereocenters. The first kappa shape index (κ1) is 31.5. The van der Waals surface area contributed by atoms with Crippen LogP contribution in [0.1, 0.15) is 73.3 Å². The Morgan fingerprint density at radius 1 is 1.05 bits per heavy atom. The van der Waals surface area contributed by atoms with Gasteiger partial charge >= 0.3 is 0 Å². The molecule has 0 atom stereocenters. The number of hydrogen-bond donors (Lipinski definition) is 0. The van der Waals surface area contributed by atoms with E-state index < -0.39 is 16.8 Å². The van der Waals surface area contributed by atoms with Gasteiger partial charge in [0, 0.05) is 53.9 Å². The third-order valence-corrected chi connectivity index (χ3v) is 8.54. The Hall–Kier alpha value is -3.90. The van der Waals surface area contributed by atoms with Gasteiger partial charge in [-0.05, 0) is 45.9 Å². The van der Waals surface area contributed by atoms with Crippen molar-refractivity contribution in [2.75, 3.05) is 33.3 Å². The summed E-state index contributed by atoms with van der Waals surface area (Å²) in [6, 6.07) is 4.36. The molecule has 1 aliphatic heterocycles. The maximum atomic E-state index is 14.8. The summed E-state index contributed by atoms with van der Waals surface area (Å²) in [5.74, 6) is 0.0670. The third-order valence-electron chi connectivity index (χ3n) is 8.31. The fraction of sp³-hybridized carbons (Fsp3) is 0.484. The number of methoxy groups -OCH3 is 1. The van der Waals surface area contributed by atoms with Crippen molar-refractivity contribution < 1.29 is 13.9 Å². The smallest absolute Gasteiger partial charge is 0.276 e. The zero-order valence-electron chi connectivity index (χ0n) is 26.5. The zero-order chi connectivity index (χ0) is 32.0. The van der Waals surface area contributed by atoms with Gasteiger partial charge in [0.05, 0.1) is 36.8 Å². The van der Waals surface area contributed by atoms with Crippen LogP contribution in [0.25, 0.3) is 5.69 Å². The second-order valence-corrected chi connectivity index (χ2v) is 13.2. The minimum Gasteiger partial charge on any atom is -0.496 e. The quantitative estimate of drug-likeness (QED) is 0.291. The molecule has 0 N–H and O–H groups in total. The van der Waals surface area contributed by atoms with E-state index in [1.165, 1.54) is 10.7 Å². The van der Waals surface area contributed by atoms with Gasteiger partial charge in [0.2, 0.25) is 0 Å². The van der Waals surface area contributed by atoms with Crippen LogP contribution in [0.4, 0.5) is 4.39 Å². The SMILES string of the molecule is COc1c(C)cnc(Cn2cc(C(C)(C)N3CCN(C(=O)c4nnn(-c5ccc(Cl)cc5F)c4C(C)(C)C)CC3)nn2)c1C. The van der Waals surface area contributed by atoms with E-state index in [0.717, 1.165) is 28.3 Å². The minimum atomic E-state index is -0.537. The van der Waals surface area contributed by atoms with E-state index in [2.05, 4.69) is 44.4 Å². The monoisotopic (exact) mass is 623 g/mol. The van der Waals surface area contributed by atoms with Gasteiger partial charge in [-0.3, -0.25) is 14.7 Å². The molecule has 11 nitrogen and oxygen atoms in total. The predicted molar refractivity (Wildman–Crippen MR) is 165 cm³/mol. The first-order chi connectivity index (χ1) is 20.7. The van der Waals surface area contributed by atoms with Crippen molar-refractivity contribution in [2.24, 2.45) is 0 Å². The van der Waals surface area contributed by atoms with E-state index in [4.69, 9.17) is 16.3 Å². The fourth-order valence-electron chi connectivity index (χ4n) is 5.74. The molecule has 0 bridgehead atoms. The largest absolute Gasteiger partial charge is 0.496 e. The maximum absolute atomic E-state index is 14.8. The van der Waals surface area contributed by atoms with Crippen molar-refractivity contribution in [3.8, 4) is 11.4 Å². The van der Waals surface area contributed by atoms with Gasteiger partial charge in [-0.15, -0.1) is 10.2 Å². The number of pyridine rings is 1. The van der Waals surface area contributed by atoms with Crippen molar-refractivity contribution in [3.05, 3.63) is 75.3 Å². The Kier molecular flexibility index (Phi) is 8.52. The molecular weight excluding hydrogens is 585 g/mol. The number of amides is 1. The molecule has 0 aliphatic carbocycles. The number of aryl methyl sites for hydroxylation is 1. The lowest BCUT2D eigenvalue weighted by atomic mass is 9.89. The lowest BCUT2D eigenvalue weighted by molar-refractivity contribution is 0.0373. The van der Waals surface area contributed by atoms with Gasteiger partial charge in [-0.1, -0.05) is 42.8 Å². The standard InChI is InChI=1S/C31H39ClFN9O2/c1-19-16-34-23(20(2)27(19)44-8)17-41-18-25(35-37-41)31(6,7)40-13-11-39(12-14-40)29(43)26-28(30(3,4)5)42(38-36-26)24-10-9-21(32)15-22(24)33/h9-10,15-16,18H,11-14,17H2,1-8H3. The van der Waals surface area contributed by atoms with Crippen molar-refractivity contribution in [2.45, 2.75) is 66.0 Å². The van der Waals surface area contributed by atoms with Crippen molar-refractivity contribution >= 4 is 17.5 Å². The van der Waals surface area contributed by atoms with Gasteiger partial charge in [0.1, 0.15) is 22.9 Å². The summed E-state index contributed by atoms with van der Waals surface area (Å²) in [5, 5.41) is 17.6. The van der Waals surface area contributed by atoms with E-state index in [1.807, 2.05) is 47.0 Å². The zero-order valence-corrected chi connectivity index (χ0v) is 27.3. The molecule has 0 saturated carbocycles. The van der Waals surface area contributed by atoms with Gasteiger partial charge < -0.3 is 9.64 Å². The van der Waals surface area contributed by atoms with Crippen LogP contribution in [0.5, 0.6) is 5.75 Å². The van der Waals surface area contributed by atoms with Crippen molar-refractivity contribution in [1.29, 1.82) is 0 Å². The summed E-state index contributed by atoms with van der Waals surface area (Å²) in [6.45, 7) is 16.8. The molecular formula is C31H39ClFN9O2. The molecule has 44 heavy (non-hydrogen) atoms. The van der Waals surface area contributed by atoms with Crippen LogP contribution in [-0.4, -0.2) is 84.0 Å². The number of carbonyl (C=O) groups excluding carboxylic acids is 1. The molecule has 13 heteroatoms. The molecule has 1 aliphatic rings. The van der Waals surface area contributed by atoms with Crippen LogP contribution < -0.4 is 4.74 Å². The second kappa shape index (κ2) is 11.9. The van der Waals surface area contributed by atoms with E-state index in [0.29, 0.717) is 38.4 Å². The van der Waals surface area contributed by atoms with Crippen LogP contribution in [0.15, 0.2) is 30.6 Å². The molecule has 4 aromatic rings. The Bertz CT molecular complexity index is 1680. The summed E-state index contributed by atoms with van der Waals surface area (Å²) in [6.07, 6.45) is 3.76. The molecule has 1 aromatic carbocycles. The first-order valence-electron chi connectivity index (χ1n) is 14.6. The van der Waals surface area contributed by atoms with E-state index in [1.54, 1.807) is 28.8 Å². The summed E-state index contributed by atoms with van der Waals surface area (Å²) < 4.78 is 23.6. The number of aromatic nitrogens is 7. The molecule has 1 saturated heterocycles. The highest BCUT2D eigenvalue weighted by Gasteiger charge is 2.37. The average molecular weight is 624 g/mol. The van der Waals surface area contributed by atoms with Crippen LogP contribution in [0.3, 0.4) is 0 Å². The van der Waals surface area contributed by atoms with Gasteiger partial charge in [-0.25, -0.2) is 13.8 Å². The van der Waals surface area contributed by atoms with Crippen molar-refractivity contribution in [3.63, 3.8) is 0 Å². The number of benzene rings is 1. The highest BCUT2D eigenvalue weighted by molar-refractivity contribution is 6.30. The van der Waals surface area contributed by atoms with Gasteiger partial charge in [-0.2, -0.15) is 0 Å². The Labute approximate surface area is 262 Å². The highest BCUT2D eigenvalue weighted by Crippen LogP contribution is 2.31. The normalized spacial score (nSPS) is 14.7. The Balaban J connectivity index is 1.30. The number of hydrogen-bond acceptors (Lipinski definition) is 8. The van der Waals surface area contributed by atoms with Crippen LogP contribution >= 0.6 is 11.6 Å². The molecule has 234 valence electrons. The predicted octanol–water partition coefficient (Wildman–Crippen LogP) is 4.71. The van der Waals surface area contributed by atoms with Crippen LogP contribution in [0, 0.1) is 19.7 Å². The molecule has 1 amide bonds. The van der Waals surface area contributed by atoms with Crippen LogP contribution in [0.2, 0.25) is 5.02 Å². The van der Waals surface area contributed by atoms with Gasteiger partial charge in [0.25, 0.3) is 5.91 Å². The summed E-state index contributed by atoms with van der Waals surface area (Å²) in [4.78, 5) is 22.5. The fourth-order valence-corrected chi connectivity index (χ4v) is 5.90. The highest BCUT2D eigenvalue weighted by atomic mass is 35.5. The lowest BCUT2D eigenvalue weighted by Gasteiger charge is -2.43. The minimum absolute atomic E-state index is 0.193. The maximum Gasteiger partial charge on any atom is 0.276 e. The summed E-state index contributed by atoms with van der Waals surface area (Å²) in [7, 11) is 1.66. The van der Waals surface area contributed by atoms with Gasteiger partial charge in [0.15, 0.2) is 5.69 Å². The van der Waals surface area contributed by atoms with Crippen LogP contribution in [-0.2, 0) is 17.5 Å². The number of piperazine rings is 1. The molecule has 0 radical (unpaired) electrons. The molecule has 5 rings (SSSR count). The summed E-state index contributed by atoms with van der Waals surface area (Å²) >= 11 is 5.96. The van der Waals surface area contributed by atoms with E-state index in [9.17, 15) is 9.18 Å². The average Bonchev–Trinajstić information content (AvgIpc) is 3.63. The molecule has 3 aromatic heterocycles. The number of halogens is 2. The molecule has 0 spiro atoms. The number of ether oxygens (including phenoxy) is 1. The Morgan fingerprint density at radius 3 is 2.39 bits per heavy atom. The topological polar surface area (TPSA) is 107 Å². The second-order valence-electron chi connectivity index (χ2n) is 12.7.